The number of benzene rings is 1. The first-order chi connectivity index (χ1) is 14.5. The molecule has 1 aromatic carbocycles. The van der Waals surface area contributed by atoms with Crippen molar-refractivity contribution in [2.75, 3.05) is 59.9 Å². The second-order valence-corrected chi connectivity index (χ2v) is 8.77. The number of hydrogen-bond acceptors (Lipinski definition) is 4. The lowest BCUT2D eigenvalue weighted by molar-refractivity contribution is -0.122. The van der Waals surface area contributed by atoms with E-state index in [1.54, 1.807) is 0 Å². The third-order valence-electron chi connectivity index (χ3n) is 5.61. The largest absolute Gasteiger partial charge is 0.357 e. The quantitative estimate of drug-likeness (QED) is 0.482. The number of piperazine rings is 1. The highest BCUT2D eigenvalue weighted by Crippen LogP contribution is 2.21. The minimum absolute atomic E-state index is 0.156. The molecule has 1 heterocycles. The van der Waals surface area contributed by atoms with Crippen LogP contribution in [0.25, 0.3) is 0 Å². The van der Waals surface area contributed by atoms with Gasteiger partial charge in [-0.2, -0.15) is 0 Å². The number of nitrogens with zero attached hydrogens (tertiary/aromatic N) is 4. The molecule has 1 saturated heterocycles. The van der Waals surface area contributed by atoms with Crippen molar-refractivity contribution in [1.82, 2.24) is 25.3 Å². The van der Waals surface area contributed by atoms with Crippen LogP contribution < -0.4 is 10.6 Å². The maximum atomic E-state index is 12.1. The average Bonchev–Trinajstić information content (AvgIpc) is 3.53. The zero-order valence-electron chi connectivity index (χ0n) is 18.4. The second-order valence-electron chi connectivity index (χ2n) is 8.33. The van der Waals surface area contributed by atoms with Gasteiger partial charge in [0.05, 0.1) is 19.1 Å². The summed E-state index contributed by atoms with van der Waals surface area (Å²) in [7, 11) is 4.15. The van der Waals surface area contributed by atoms with Crippen molar-refractivity contribution in [2.45, 2.75) is 31.8 Å². The molecule has 2 fully saturated rings. The minimum atomic E-state index is 0.156. The summed E-state index contributed by atoms with van der Waals surface area (Å²) in [6.07, 6.45) is 2.26. The molecule has 166 valence electrons. The lowest BCUT2D eigenvalue weighted by atomic mass is 10.1. The van der Waals surface area contributed by atoms with Gasteiger partial charge in [-0.15, -0.1) is 0 Å². The van der Waals surface area contributed by atoms with Crippen LogP contribution in [0.2, 0.25) is 5.02 Å². The number of guanidine groups is 1. The summed E-state index contributed by atoms with van der Waals surface area (Å²) < 4.78 is 0. The summed E-state index contributed by atoms with van der Waals surface area (Å²) >= 11 is 6.05. The molecule has 1 aromatic rings. The Bertz CT molecular complexity index is 711. The summed E-state index contributed by atoms with van der Waals surface area (Å²) in [6.45, 7) is 7.57. The first kappa shape index (κ1) is 22.8. The maximum absolute atomic E-state index is 12.1. The summed E-state index contributed by atoms with van der Waals surface area (Å²) in [5, 5.41) is 7.26. The van der Waals surface area contributed by atoms with E-state index in [4.69, 9.17) is 16.6 Å². The van der Waals surface area contributed by atoms with Crippen LogP contribution in [-0.4, -0.2) is 92.5 Å². The van der Waals surface area contributed by atoms with Crippen molar-refractivity contribution in [3.8, 4) is 0 Å². The van der Waals surface area contributed by atoms with Crippen LogP contribution in [-0.2, 0) is 4.79 Å². The van der Waals surface area contributed by atoms with E-state index in [-0.39, 0.29) is 11.9 Å². The number of rotatable bonds is 8. The van der Waals surface area contributed by atoms with Crippen molar-refractivity contribution < 1.29 is 4.79 Å². The van der Waals surface area contributed by atoms with Crippen LogP contribution >= 0.6 is 11.6 Å². The first-order valence-corrected chi connectivity index (χ1v) is 11.3. The smallest absolute Gasteiger partial charge is 0.234 e. The van der Waals surface area contributed by atoms with Crippen LogP contribution in [0.1, 0.15) is 31.4 Å². The van der Waals surface area contributed by atoms with E-state index < -0.39 is 0 Å². The fourth-order valence-corrected chi connectivity index (χ4v) is 3.80. The molecule has 2 N–H and O–H groups in total. The van der Waals surface area contributed by atoms with Gasteiger partial charge in [0, 0.05) is 43.8 Å². The monoisotopic (exact) mass is 434 g/mol. The van der Waals surface area contributed by atoms with Gasteiger partial charge in [0.1, 0.15) is 0 Å². The predicted molar refractivity (Wildman–Crippen MR) is 123 cm³/mol. The Kier molecular flexibility index (Phi) is 8.36. The Morgan fingerprint density at radius 1 is 1.20 bits per heavy atom. The maximum Gasteiger partial charge on any atom is 0.234 e. The zero-order valence-corrected chi connectivity index (χ0v) is 19.2. The predicted octanol–water partition coefficient (Wildman–Crippen LogP) is 1.80. The molecule has 8 heteroatoms. The molecule has 1 unspecified atom stereocenters. The van der Waals surface area contributed by atoms with Gasteiger partial charge in [0.2, 0.25) is 5.91 Å². The summed E-state index contributed by atoms with van der Waals surface area (Å²) in [4.78, 5) is 23.7. The van der Waals surface area contributed by atoms with E-state index in [1.165, 1.54) is 5.56 Å². The number of carbonyl (C=O) groups is 1. The average molecular weight is 435 g/mol. The van der Waals surface area contributed by atoms with Gasteiger partial charge in [0.15, 0.2) is 5.96 Å². The third kappa shape index (κ3) is 6.86. The Balaban J connectivity index is 1.56. The molecule has 30 heavy (non-hydrogen) atoms. The highest BCUT2D eigenvalue weighted by molar-refractivity contribution is 6.30. The van der Waals surface area contributed by atoms with Gasteiger partial charge in [-0.25, -0.2) is 0 Å². The molecule has 2 aliphatic rings. The molecule has 7 nitrogen and oxygen atoms in total. The van der Waals surface area contributed by atoms with E-state index in [0.29, 0.717) is 19.1 Å². The molecule has 1 aliphatic carbocycles. The van der Waals surface area contributed by atoms with E-state index in [2.05, 4.69) is 58.5 Å². The van der Waals surface area contributed by atoms with Crippen molar-refractivity contribution in [3.05, 3.63) is 34.9 Å². The van der Waals surface area contributed by atoms with Gasteiger partial charge >= 0.3 is 0 Å². The van der Waals surface area contributed by atoms with E-state index in [9.17, 15) is 4.79 Å². The van der Waals surface area contributed by atoms with Crippen LogP contribution in [0, 0.1) is 0 Å². The molecule has 3 rings (SSSR count). The van der Waals surface area contributed by atoms with Crippen molar-refractivity contribution in [2.24, 2.45) is 4.99 Å². The molecule has 1 atom stereocenters. The minimum Gasteiger partial charge on any atom is -0.357 e. The number of halogens is 1. The highest BCUT2D eigenvalue weighted by Gasteiger charge is 2.26. The summed E-state index contributed by atoms with van der Waals surface area (Å²) in [5.74, 6) is 1.10. The Hall–Kier alpha value is -1.83. The molecule has 0 spiro atoms. The molecule has 1 saturated carbocycles. The van der Waals surface area contributed by atoms with Gasteiger partial charge in [-0.05, 0) is 51.6 Å². The van der Waals surface area contributed by atoms with E-state index in [0.717, 1.165) is 56.5 Å². The van der Waals surface area contributed by atoms with Crippen molar-refractivity contribution in [3.63, 3.8) is 0 Å². The zero-order chi connectivity index (χ0) is 21.5. The molecule has 0 radical (unpaired) electrons. The van der Waals surface area contributed by atoms with Crippen molar-refractivity contribution in [1.29, 1.82) is 0 Å². The Labute approximate surface area is 185 Å². The number of carbonyl (C=O) groups excluding carboxylic acids is 1. The van der Waals surface area contributed by atoms with Gasteiger partial charge in [-0.1, -0.05) is 23.7 Å². The summed E-state index contributed by atoms with van der Waals surface area (Å²) in [6, 6.07) is 8.61. The number of nitrogens with one attached hydrogen (secondary N) is 2. The SMILES string of the molecule is CCNC(=NCC(c1ccc(Cl)cc1)N(C)C)N1CCN(CC(=O)NC2CC2)CC1. The van der Waals surface area contributed by atoms with Crippen LogP contribution in [0.3, 0.4) is 0 Å². The molecule has 1 aliphatic heterocycles. The number of likely N-dealkylation sites (N-methyl/N-ethyl adjacent to an activating group) is 1. The fourth-order valence-electron chi connectivity index (χ4n) is 3.67. The topological polar surface area (TPSA) is 63.2 Å². The molecule has 0 aromatic heterocycles. The van der Waals surface area contributed by atoms with Gasteiger partial charge < -0.3 is 20.4 Å². The molecular formula is C22H35ClN6O. The number of hydrogen-bond donors (Lipinski definition) is 2. The van der Waals surface area contributed by atoms with Gasteiger partial charge in [0.25, 0.3) is 0 Å². The van der Waals surface area contributed by atoms with Crippen LogP contribution in [0.5, 0.6) is 0 Å². The lowest BCUT2D eigenvalue weighted by Crippen LogP contribution is -2.54. The number of aliphatic imine (C=N–C) groups is 1. The van der Waals surface area contributed by atoms with Gasteiger partial charge in [-0.3, -0.25) is 14.7 Å². The first-order valence-electron chi connectivity index (χ1n) is 10.9. The molecular weight excluding hydrogens is 400 g/mol. The third-order valence-corrected chi connectivity index (χ3v) is 5.86. The van der Waals surface area contributed by atoms with Crippen LogP contribution in [0.15, 0.2) is 29.3 Å². The highest BCUT2D eigenvalue weighted by atomic mass is 35.5. The fraction of sp³-hybridized carbons (Fsp3) is 0.636. The Morgan fingerprint density at radius 3 is 2.43 bits per heavy atom. The van der Waals surface area contributed by atoms with E-state index >= 15 is 0 Å². The standard InChI is InChI=1S/C22H35ClN6O/c1-4-24-22(25-15-20(27(2)3)17-5-7-18(23)8-6-17)29-13-11-28(12-14-29)16-21(30)26-19-9-10-19/h5-8,19-20H,4,9-16H2,1-3H3,(H,24,25)(H,26,30). The van der Waals surface area contributed by atoms with E-state index in [1.807, 2.05) is 12.1 Å². The molecule has 1 amide bonds. The number of amides is 1. The summed E-state index contributed by atoms with van der Waals surface area (Å²) in [5.41, 5.74) is 1.20. The van der Waals surface area contributed by atoms with Crippen molar-refractivity contribution >= 4 is 23.5 Å². The Morgan fingerprint density at radius 2 is 1.87 bits per heavy atom. The van der Waals surface area contributed by atoms with Crippen LogP contribution in [0.4, 0.5) is 0 Å². The lowest BCUT2D eigenvalue weighted by Gasteiger charge is -2.36. The molecule has 0 bridgehead atoms. The second kappa shape index (κ2) is 11.0. The normalized spacial score (nSPS) is 19.1.